The van der Waals surface area contributed by atoms with Crippen LogP contribution in [-0.2, 0) is 0 Å². The second-order valence-electron chi connectivity index (χ2n) is 22.1. The minimum absolute atomic E-state index is 0.228. The fraction of sp³-hybridized carbons (Fsp3) is 0.463. The van der Waals surface area contributed by atoms with Crippen LogP contribution in [0, 0.1) is 29.6 Å². The first-order valence-electron chi connectivity index (χ1n) is 28.4. The van der Waals surface area contributed by atoms with E-state index in [1.165, 1.54) is 97.3 Å². The van der Waals surface area contributed by atoms with E-state index in [0.29, 0.717) is 47.7 Å². The molecule has 372 valence electrons. The fourth-order valence-electron chi connectivity index (χ4n) is 14.0. The first-order valence-corrected chi connectivity index (χ1v) is 28.4. The molecule has 2 aliphatic heterocycles. The quantitative estimate of drug-likeness (QED) is 0.132. The lowest BCUT2D eigenvalue weighted by molar-refractivity contribution is 0.217. The van der Waals surface area contributed by atoms with Crippen LogP contribution in [-0.4, -0.2) is 41.0 Å². The molecule has 1 fully saturated rings. The van der Waals surface area contributed by atoms with E-state index in [2.05, 4.69) is 181 Å². The van der Waals surface area contributed by atoms with E-state index in [9.17, 15) is 0 Å². The highest BCUT2D eigenvalue weighted by Crippen LogP contribution is 2.53. The van der Waals surface area contributed by atoms with E-state index in [0.717, 1.165) is 76.6 Å². The number of hydrogen-bond donors (Lipinski definition) is 1. The number of likely N-dealkylation sites (N-methyl/N-ethyl adjacent to an activating group) is 1. The topological polar surface area (TPSA) is 35.7 Å². The van der Waals surface area contributed by atoms with Crippen LogP contribution in [0.4, 0.5) is 5.69 Å². The molecule has 1 aromatic carbocycles. The van der Waals surface area contributed by atoms with Crippen molar-refractivity contribution in [2.45, 2.75) is 153 Å². The Balaban J connectivity index is 1.01. The summed E-state index contributed by atoms with van der Waals surface area (Å²) in [6.07, 6.45) is 72.0. The Morgan fingerprint density at radius 2 is 1.75 bits per heavy atom. The van der Waals surface area contributed by atoms with E-state index in [1.807, 2.05) is 6.08 Å². The largest absolute Gasteiger partial charge is 0.399 e. The van der Waals surface area contributed by atoms with Crippen LogP contribution in [0.5, 0.6) is 0 Å². The summed E-state index contributed by atoms with van der Waals surface area (Å²) >= 11 is 0. The molecule has 0 bridgehead atoms. The predicted molar refractivity (Wildman–Crippen MR) is 302 cm³/mol. The van der Waals surface area contributed by atoms with Crippen LogP contribution in [0.1, 0.15) is 141 Å². The summed E-state index contributed by atoms with van der Waals surface area (Å²) in [6.45, 7) is 10.6. The fourth-order valence-corrected chi connectivity index (χ4v) is 14.0. The van der Waals surface area contributed by atoms with Crippen molar-refractivity contribution in [2.24, 2.45) is 35.3 Å². The third kappa shape index (κ3) is 11.0. The maximum atomic E-state index is 7.19. The van der Waals surface area contributed by atoms with Gasteiger partial charge in [-0.2, -0.15) is 0 Å². The predicted octanol–water partition coefficient (Wildman–Crippen LogP) is 16.3. The SMILES string of the molecule is C=C/C=C\C=C1/CN(C2=CC(N(CC)C3C=CCCC3C/C=C\CC)=CC(C(/C=C(\N)C3=CCCCC3)=C/CC3CC=CCC3)C2)C2C=CC(C3=CC=C4C(C3)c3ccccc3N4C3CC=CCC3)CC12. The van der Waals surface area contributed by atoms with Crippen LogP contribution in [0.2, 0.25) is 0 Å². The van der Waals surface area contributed by atoms with Gasteiger partial charge in [0.2, 0.25) is 0 Å². The van der Waals surface area contributed by atoms with E-state index < -0.39 is 0 Å². The van der Waals surface area contributed by atoms with Gasteiger partial charge in [0.05, 0.1) is 12.1 Å². The molecule has 71 heavy (non-hydrogen) atoms. The number of fused-ring (bicyclic) bond motifs is 4. The summed E-state index contributed by atoms with van der Waals surface area (Å²) in [5, 5.41) is 0. The van der Waals surface area contributed by atoms with Crippen molar-refractivity contribution < 1.29 is 0 Å². The zero-order valence-electron chi connectivity index (χ0n) is 43.4. The van der Waals surface area contributed by atoms with Crippen LogP contribution in [0.15, 0.2) is 204 Å². The molecule has 0 amide bonds. The smallest absolute Gasteiger partial charge is 0.0540 e. The molecule has 7 aliphatic carbocycles. The monoisotopic (exact) mass is 945 g/mol. The molecule has 2 heterocycles. The molecule has 0 saturated carbocycles. The summed E-state index contributed by atoms with van der Waals surface area (Å²) in [4.78, 5) is 8.31. The molecule has 9 unspecified atom stereocenters. The number of nitrogens with two attached hydrogens (primary N) is 1. The Labute approximate surface area is 429 Å². The van der Waals surface area contributed by atoms with Gasteiger partial charge < -0.3 is 20.4 Å². The van der Waals surface area contributed by atoms with Crippen molar-refractivity contribution in [3.63, 3.8) is 0 Å². The van der Waals surface area contributed by atoms with Crippen molar-refractivity contribution in [1.82, 2.24) is 9.80 Å². The maximum absolute atomic E-state index is 7.19. The first-order chi connectivity index (χ1) is 35.0. The lowest BCUT2D eigenvalue weighted by Gasteiger charge is -2.42. The normalized spacial score (nSPS) is 31.3. The Bertz CT molecular complexity index is 2540. The minimum Gasteiger partial charge on any atom is -0.399 e. The number of anilines is 1. The summed E-state index contributed by atoms with van der Waals surface area (Å²) < 4.78 is 0. The van der Waals surface area contributed by atoms with Crippen LogP contribution in [0.3, 0.4) is 0 Å². The first kappa shape index (κ1) is 49.1. The van der Waals surface area contributed by atoms with Crippen LogP contribution < -0.4 is 10.6 Å². The summed E-state index contributed by atoms with van der Waals surface area (Å²) in [7, 11) is 0. The highest BCUT2D eigenvalue weighted by molar-refractivity contribution is 5.70. The highest BCUT2D eigenvalue weighted by atomic mass is 15.2. The second-order valence-corrected chi connectivity index (χ2v) is 22.1. The third-order valence-electron chi connectivity index (χ3n) is 17.8. The van der Waals surface area contributed by atoms with Gasteiger partial charge in [-0.05, 0) is 187 Å². The zero-order chi connectivity index (χ0) is 48.5. The molecular formula is C67H84N4. The molecule has 9 aliphatic rings. The number of rotatable bonds is 16. The average Bonchev–Trinajstić information content (AvgIpc) is 3.96. The lowest BCUT2D eigenvalue weighted by atomic mass is 9.74. The molecule has 0 aromatic heterocycles. The van der Waals surface area contributed by atoms with E-state index in [4.69, 9.17) is 5.73 Å². The Kier molecular flexibility index (Phi) is 16.2. The van der Waals surface area contributed by atoms with Crippen molar-refractivity contribution in [3.05, 3.63) is 209 Å². The third-order valence-corrected chi connectivity index (χ3v) is 17.8. The van der Waals surface area contributed by atoms with Gasteiger partial charge >= 0.3 is 0 Å². The van der Waals surface area contributed by atoms with Crippen molar-refractivity contribution in [1.29, 1.82) is 0 Å². The summed E-state index contributed by atoms with van der Waals surface area (Å²) in [5.74, 6) is 2.79. The van der Waals surface area contributed by atoms with Crippen LogP contribution >= 0.6 is 0 Å². The number of hydrogen-bond acceptors (Lipinski definition) is 4. The van der Waals surface area contributed by atoms with E-state index in [-0.39, 0.29) is 5.92 Å². The minimum atomic E-state index is 0.228. The van der Waals surface area contributed by atoms with Gasteiger partial charge in [0.1, 0.15) is 0 Å². The molecule has 2 N–H and O–H groups in total. The Morgan fingerprint density at radius 1 is 0.873 bits per heavy atom. The standard InChI is InChI=1S/C67H84N4/c1-4-7-12-28-51-29-20-22-34-64(51)69(6-3)58-42-56(54(37-36-49-24-14-9-15-25-49)46-63(68)50-26-16-10-17-27-50)43-59(47-58)70-48-55(30-13-8-5-2)61-44-52(38-40-65(61)70)53-39-41-67-62(45-53)60-33-21-23-35-66(60)71(67)57-31-18-11-19-32-57/h5,7-9,11-14,18,21-23,26,30,33-35,37-42,46-47,49,51-52,56-57,61-62,64-65H,2,4,6,10,15-17,19-20,24-25,27-29,31-32,36,43-45,48,68H2,1,3H3/b12-7-,13-8-,54-37+,55-30+,63-46-. The molecule has 4 heteroatoms. The molecule has 4 nitrogen and oxygen atoms in total. The zero-order valence-corrected chi connectivity index (χ0v) is 43.4. The number of allylic oxidation sites excluding steroid dienone is 23. The van der Waals surface area contributed by atoms with Crippen molar-refractivity contribution in [3.8, 4) is 0 Å². The molecule has 0 spiro atoms. The Morgan fingerprint density at radius 3 is 2.55 bits per heavy atom. The molecule has 10 rings (SSSR count). The lowest BCUT2D eigenvalue weighted by Crippen LogP contribution is -2.41. The highest BCUT2D eigenvalue weighted by Gasteiger charge is 2.44. The average molecular weight is 945 g/mol. The van der Waals surface area contributed by atoms with E-state index in [1.54, 1.807) is 11.1 Å². The van der Waals surface area contributed by atoms with Gasteiger partial charge in [-0.1, -0.05) is 147 Å². The maximum Gasteiger partial charge on any atom is 0.0540 e. The van der Waals surface area contributed by atoms with Gasteiger partial charge in [-0.3, -0.25) is 0 Å². The number of para-hydroxylation sites is 1. The molecule has 1 saturated heterocycles. The molecule has 9 atom stereocenters. The molecular weight excluding hydrogens is 861 g/mol. The Hall–Kier alpha value is -5.48. The summed E-state index contributed by atoms with van der Waals surface area (Å²) in [5.41, 5.74) is 21.4. The van der Waals surface area contributed by atoms with Gasteiger partial charge in [0, 0.05) is 65.4 Å². The van der Waals surface area contributed by atoms with Gasteiger partial charge in [-0.25, -0.2) is 0 Å². The molecule has 0 radical (unpaired) electrons. The molecule has 1 aromatic rings. The van der Waals surface area contributed by atoms with E-state index >= 15 is 0 Å². The number of nitrogens with zero attached hydrogens (tertiary/aromatic N) is 3. The van der Waals surface area contributed by atoms with Crippen molar-refractivity contribution in [2.75, 3.05) is 18.0 Å². The number of benzene rings is 1. The second kappa shape index (κ2) is 23.4. The van der Waals surface area contributed by atoms with Gasteiger partial charge in [0.25, 0.3) is 0 Å². The van der Waals surface area contributed by atoms with Gasteiger partial charge in [-0.15, -0.1) is 0 Å². The van der Waals surface area contributed by atoms with Gasteiger partial charge in [0.15, 0.2) is 0 Å². The summed E-state index contributed by atoms with van der Waals surface area (Å²) in [6, 6.07) is 10.5. The number of likely N-dealkylation sites (tertiary alicyclic amines) is 1. The van der Waals surface area contributed by atoms with Crippen molar-refractivity contribution >= 4 is 5.69 Å². The van der Waals surface area contributed by atoms with Crippen LogP contribution in [0.25, 0.3) is 0 Å².